The largest absolute Gasteiger partial charge is 0.457 e. The third kappa shape index (κ3) is 5.82. The molecule has 1 aliphatic rings. The maximum Gasteiger partial charge on any atom is 0.300 e. The van der Waals surface area contributed by atoms with Crippen molar-refractivity contribution in [3.05, 3.63) is 72.1 Å². The van der Waals surface area contributed by atoms with Gasteiger partial charge in [0, 0.05) is 34.4 Å². The minimum atomic E-state index is -0.333. The second-order valence-electron chi connectivity index (χ2n) is 9.09. The van der Waals surface area contributed by atoms with Gasteiger partial charge in [0.15, 0.2) is 0 Å². The molecule has 1 fully saturated rings. The molecule has 4 N–H and O–H groups in total. The lowest BCUT2D eigenvalue weighted by atomic mass is 10.1. The van der Waals surface area contributed by atoms with Crippen LogP contribution in [0.3, 0.4) is 0 Å². The summed E-state index contributed by atoms with van der Waals surface area (Å²) in [6.07, 6.45) is 6.25. The summed E-state index contributed by atoms with van der Waals surface area (Å²) in [5.74, 6) is 7.32. The number of pyridine rings is 1. The molecule has 37 heavy (non-hydrogen) atoms. The third-order valence-corrected chi connectivity index (χ3v) is 6.00. The van der Waals surface area contributed by atoms with Gasteiger partial charge in [-0.3, -0.25) is 10.2 Å². The number of ether oxygens (including phenoxy) is 1. The molecule has 5 rings (SSSR count). The number of hydrogen-bond acceptors (Lipinski definition) is 6. The van der Waals surface area contributed by atoms with Crippen LogP contribution in [0.15, 0.2) is 66.0 Å². The number of H-pyrrole nitrogens is 1. The zero-order valence-electron chi connectivity index (χ0n) is 20.4. The first kappa shape index (κ1) is 23.8. The highest BCUT2D eigenvalue weighted by atomic mass is 16.5. The van der Waals surface area contributed by atoms with Crippen LogP contribution in [0.5, 0.6) is 11.5 Å². The molecule has 1 amide bonds. The average molecular weight is 492 g/mol. The van der Waals surface area contributed by atoms with Gasteiger partial charge in [-0.05, 0) is 80.6 Å². The third-order valence-electron chi connectivity index (χ3n) is 6.00. The minimum absolute atomic E-state index is 0.0102. The summed E-state index contributed by atoms with van der Waals surface area (Å²) >= 11 is 0. The molecule has 9 nitrogen and oxygen atoms in total. The molecule has 2 heterocycles. The Balaban J connectivity index is 1.35. The molecule has 0 radical (unpaired) electrons. The molecule has 1 aliphatic carbocycles. The van der Waals surface area contributed by atoms with E-state index in [0.717, 1.165) is 41.3 Å². The zero-order chi connectivity index (χ0) is 25.8. The van der Waals surface area contributed by atoms with Gasteiger partial charge in [-0.1, -0.05) is 5.92 Å². The van der Waals surface area contributed by atoms with Crippen molar-refractivity contribution in [2.45, 2.75) is 26.7 Å². The molecule has 0 unspecified atom stereocenters. The smallest absolute Gasteiger partial charge is 0.300 e. The quantitative estimate of drug-likeness (QED) is 0.170. The number of amides is 1. The Morgan fingerprint density at radius 3 is 2.78 bits per heavy atom. The number of anilines is 3. The standard InChI is InChI=1S/C28H25N7O2/c1-18-13-19(4-6-24(18)37-21-8-12-30-25(15-21)31-16-29)35-27-22-14-20(3-5-23(22)32-17-33-27)34-26(36)7-9-28(2)10-11-28/h3-6,8,12-17H,10-11H2,1-2H3,(H,34,36)(H2,29,30,31)(H,32,33,35). The molecule has 2 aromatic heterocycles. The molecule has 0 saturated heterocycles. The van der Waals surface area contributed by atoms with Crippen molar-refractivity contribution >= 4 is 40.3 Å². The van der Waals surface area contributed by atoms with Gasteiger partial charge in [-0.25, -0.2) is 15.0 Å². The Kier molecular flexibility index (Phi) is 6.39. The predicted molar refractivity (Wildman–Crippen MR) is 143 cm³/mol. The number of hydrogen-bond donors (Lipinski definition) is 4. The number of fused-ring (bicyclic) bond motifs is 1. The van der Waals surface area contributed by atoms with Crippen LogP contribution >= 0.6 is 0 Å². The topological polar surface area (TPSA) is 128 Å². The number of aromatic nitrogens is 3. The van der Waals surface area contributed by atoms with Crippen LogP contribution in [0.4, 0.5) is 17.2 Å². The van der Waals surface area contributed by atoms with Crippen molar-refractivity contribution in [3.8, 4) is 23.3 Å². The van der Waals surface area contributed by atoms with Gasteiger partial charge in [-0.15, -0.1) is 0 Å². The van der Waals surface area contributed by atoms with Crippen molar-refractivity contribution in [2.24, 2.45) is 10.4 Å². The molecule has 0 atom stereocenters. The van der Waals surface area contributed by atoms with E-state index in [-0.39, 0.29) is 11.3 Å². The summed E-state index contributed by atoms with van der Waals surface area (Å²) in [5.41, 5.74) is 3.62. The molecule has 1 saturated carbocycles. The second kappa shape index (κ2) is 9.95. The Labute approximate surface area is 213 Å². The fourth-order valence-corrected chi connectivity index (χ4v) is 3.66. The molecule has 0 bridgehead atoms. The summed E-state index contributed by atoms with van der Waals surface area (Å²) in [6, 6.07) is 14.7. The van der Waals surface area contributed by atoms with Crippen LogP contribution in [0.25, 0.3) is 10.9 Å². The number of aryl methyl sites for hydroxylation is 1. The van der Waals surface area contributed by atoms with E-state index in [4.69, 9.17) is 10.1 Å². The molecule has 2 aromatic carbocycles. The lowest BCUT2D eigenvalue weighted by molar-refractivity contribution is -0.111. The minimum Gasteiger partial charge on any atom is -0.457 e. The van der Waals surface area contributed by atoms with Gasteiger partial charge in [0.2, 0.25) is 0 Å². The lowest BCUT2D eigenvalue weighted by Gasteiger charge is -2.13. The van der Waals surface area contributed by atoms with Gasteiger partial charge < -0.3 is 20.4 Å². The number of rotatable bonds is 6. The Morgan fingerprint density at radius 2 is 2.00 bits per heavy atom. The Hall–Kier alpha value is -4.97. The molecule has 4 aromatic rings. The normalized spacial score (nSPS) is 13.8. The summed E-state index contributed by atoms with van der Waals surface area (Å²) in [6.45, 7) is 4.01. The maximum absolute atomic E-state index is 12.3. The highest BCUT2D eigenvalue weighted by molar-refractivity contribution is 6.05. The van der Waals surface area contributed by atoms with Gasteiger partial charge in [-0.2, -0.15) is 0 Å². The molecular formula is C28H25N7O2. The number of nitrogens with zero attached hydrogens (tertiary/aromatic N) is 3. The van der Waals surface area contributed by atoms with E-state index in [1.165, 1.54) is 6.33 Å². The second-order valence-corrected chi connectivity index (χ2v) is 9.09. The van der Waals surface area contributed by atoms with Crippen LogP contribution < -0.4 is 20.9 Å². The zero-order valence-corrected chi connectivity index (χ0v) is 20.4. The number of benzene rings is 2. The maximum atomic E-state index is 12.3. The molecule has 184 valence electrons. The molecular weight excluding hydrogens is 466 g/mol. The van der Waals surface area contributed by atoms with Crippen LogP contribution in [-0.2, 0) is 4.79 Å². The number of carbonyl (C=O) groups is 1. The van der Waals surface area contributed by atoms with Crippen LogP contribution in [-0.4, -0.2) is 27.2 Å². The van der Waals surface area contributed by atoms with Gasteiger partial charge in [0.25, 0.3) is 5.91 Å². The first-order valence-corrected chi connectivity index (χ1v) is 11.8. The SMILES string of the molecule is Cc1cc(Nc2ncnc3ccc(NC(=O)C#CC4(C)CC4)cc23)ccc1Oc1cc[nH]/c(=N\C=N)c1. The van der Waals surface area contributed by atoms with Crippen molar-refractivity contribution < 1.29 is 9.53 Å². The van der Waals surface area contributed by atoms with Crippen molar-refractivity contribution in [2.75, 3.05) is 10.6 Å². The van der Waals surface area contributed by atoms with E-state index >= 15 is 0 Å². The fourth-order valence-electron chi connectivity index (χ4n) is 3.66. The summed E-state index contributed by atoms with van der Waals surface area (Å²) in [4.78, 5) is 27.9. The van der Waals surface area contributed by atoms with E-state index in [0.29, 0.717) is 28.5 Å². The first-order valence-electron chi connectivity index (χ1n) is 11.8. The first-order chi connectivity index (χ1) is 17.9. The monoisotopic (exact) mass is 491 g/mol. The van der Waals surface area contributed by atoms with E-state index in [1.807, 2.05) is 37.3 Å². The van der Waals surface area contributed by atoms with E-state index in [1.54, 1.807) is 24.4 Å². The number of nitrogens with one attached hydrogen (secondary N) is 4. The Morgan fingerprint density at radius 1 is 1.16 bits per heavy atom. The van der Waals surface area contributed by atoms with E-state index in [9.17, 15) is 4.79 Å². The van der Waals surface area contributed by atoms with Gasteiger partial charge >= 0.3 is 0 Å². The van der Waals surface area contributed by atoms with E-state index < -0.39 is 0 Å². The Bertz CT molecular complexity index is 1640. The van der Waals surface area contributed by atoms with Crippen LogP contribution in [0.2, 0.25) is 0 Å². The highest BCUT2D eigenvalue weighted by Crippen LogP contribution is 2.44. The fraction of sp³-hybridized carbons (Fsp3) is 0.179. The molecule has 0 aliphatic heterocycles. The summed E-state index contributed by atoms with van der Waals surface area (Å²) in [5, 5.41) is 14.1. The highest BCUT2D eigenvalue weighted by Gasteiger charge is 2.35. The molecule has 0 spiro atoms. The molecule has 9 heteroatoms. The van der Waals surface area contributed by atoms with Crippen LogP contribution in [0, 0.1) is 29.6 Å². The van der Waals surface area contributed by atoms with Crippen molar-refractivity contribution in [1.82, 2.24) is 15.0 Å². The van der Waals surface area contributed by atoms with Gasteiger partial charge in [0.05, 0.1) is 5.52 Å². The number of aromatic amines is 1. The van der Waals surface area contributed by atoms with Crippen LogP contribution in [0.1, 0.15) is 25.3 Å². The van der Waals surface area contributed by atoms with Crippen molar-refractivity contribution in [1.29, 1.82) is 5.41 Å². The summed E-state index contributed by atoms with van der Waals surface area (Å²) in [7, 11) is 0. The van der Waals surface area contributed by atoms with Crippen molar-refractivity contribution in [3.63, 3.8) is 0 Å². The van der Waals surface area contributed by atoms with E-state index in [2.05, 4.69) is 49.3 Å². The number of carbonyl (C=O) groups excluding carboxylic acids is 1. The lowest BCUT2D eigenvalue weighted by Crippen LogP contribution is -2.09. The van der Waals surface area contributed by atoms with Gasteiger partial charge in [0.1, 0.15) is 35.5 Å². The summed E-state index contributed by atoms with van der Waals surface area (Å²) < 4.78 is 6.01. The predicted octanol–water partition coefficient (Wildman–Crippen LogP) is 5.05. The average Bonchev–Trinajstić information content (AvgIpc) is 3.63.